The van der Waals surface area contributed by atoms with Gasteiger partial charge in [0.25, 0.3) is 0 Å². The van der Waals surface area contributed by atoms with Gasteiger partial charge in [0, 0.05) is 12.4 Å². The number of nitrogens with zero attached hydrogens (tertiary/aromatic N) is 2. The number of rotatable bonds is 3. The molecule has 0 atom stereocenters. The molecule has 1 aromatic heterocycles. The van der Waals surface area contributed by atoms with Gasteiger partial charge in [-0.3, -0.25) is 4.98 Å². The molecule has 0 amide bonds. The number of oxime groups is 1. The van der Waals surface area contributed by atoms with Crippen LogP contribution in [0.25, 0.3) is 0 Å². The Kier molecular flexibility index (Phi) is 4.20. The lowest BCUT2D eigenvalue weighted by Gasteiger charge is -1.97. The zero-order valence-electron chi connectivity index (χ0n) is 9.59. The molecule has 6 heteroatoms. The maximum absolute atomic E-state index is 12.9. The van der Waals surface area contributed by atoms with Crippen LogP contribution in [-0.4, -0.2) is 17.2 Å². The normalized spacial score (nSPS) is 10.6. The van der Waals surface area contributed by atoms with Gasteiger partial charge < -0.3 is 4.84 Å². The summed E-state index contributed by atoms with van der Waals surface area (Å²) in [6.45, 7) is 0. The van der Waals surface area contributed by atoms with Crippen LogP contribution in [0.4, 0.5) is 4.39 Å². The summed E-state index contributed by atoms with van der Waals surface area (Å²) in [4.78, 5) is 19.9. The summed E-state index contributed by atoms with van der Waals surface area (Å²) in [7, 11) is 0. The third kappa shape index (κ3) is 3.59. The monoisotopic (exact) mass is 278 g/mol. The van der Waals surface area contributed by atoms with Crippen LogP contribution in [0.2, 0.25) is 5.02 Å². The maximum atomic E-state index is 12.9. The Balaban J connectivity index is 2.00. The van der Waals surface area contributed by atoms with Gasteiger partial charge in [-0.1, -0.05) is 22.8 Å². The predicted molar refractivity (Wildman–Crippen MR) is 68.7 cm³/mol. The first-order valence-corrected chi connectivity index (χ1v) is 5.64. The first-order valence-electron chi connectivity index (χ1n) is 5.26. The lowest BCUT2D eigenvalue weighted by molar-refractivity contribution is 0.0518. The minimum atomic E-state index is -0.627. The molecular weight excluding hydrogens is 271 g/mol. The van der Waals surface area contributed by atoms with Crippen molar-refractivity contribution in [3.63, 3.8) is 0 Å². The molecule has 0 radical (unpaired) electrons. The van der Waals surface area contributed by atoms with Crippen molar-refractivity contribution in [2.24, 2.45) is 5.16 Å². The average molecular weight is 279 g/mol. The maximum Gasteiger partial charge on any atom is 0.367 e. The van der Waals surface area contributed by atoms with E-state index in [2.05, 4.69) is 15.0 Å². The Labute approximate surface area is 113 Å². The zero-order chi connectivity index (χ0) is 13.7. The molecule has 0 aliphatic rings. The molecule has 2 rings (SSSR count). The fraction of sp³-hybridized carbons (Fsp3) is 0. The summed E-state index contributed by atoms with van der Waals surface area (Å²) in [6.07, 6.45) is 4.17. The van der Waals surface area contributed by atoms with Crippen LogP contribution in [0.5, 0.6) is 0 Å². The van der Waals surface area contributed by atoms with Crippen molar-refractivity contribution in [2.75, 3.05) is 0 Å². The van der Waals surface area contributed by atoms with Crippen LogP contribution >= 0.6 is 11.6 Å². The van der Waals surface area contributed by atoms with E-state index < -0.39 is 11.8 Å². The summed E-state index contributed by atoms with van der Waals surface area (Å²) in [5, 5.41) is 3.48. The van der Waals surface area contributed by atoms with Crippen LogP contribution in [0.1, 0.15) is 15.9 Å². The van der Waals surface area contributed by atoms with E-state index in [1.54, 1.807) is 18.3 Å². The van der Waals surface area contributed by atoms with Crippen molar-refractivity contribution >= 4 is 23.8 Å². The Hall–Kier alpha value is -2.27. The van der Waals surface area contributed by atoms with E-state index in [1.165, 1.54) is 30.6 Å². The molecule has 4 nitrogen and oxygen atoms in total. The summed E-state index contributed by atoms with van der Waals surface area (Å²) < 4.78 is 12.9. The highest BCUT2D eigenvalue weighted by molar-refractivity contribution is 6.31. The number of halogens is 2. The molecule has 0 saturated heterocycles. The second-order valence-corrected chi connectivity index (χ2v) is 3.94. The standard InChI is InChI=1S/C13H8ClFN2O2/c14-11-6-9(3-4-12(11)15)7-17-19-13(18)10-2-1-5-16-8-10/h1-8H/b17-7+. The molecule has 96 valence electrons. The largest absolute Gasteiger partial charge is 0.367 e. The number of aromatic nitrogens is 1. The second kappa shape index (κ2) is 6.06. The molecule has 0 N–H and O–H groups in total. The van der Waals surface area contributed by atoms with Crippen LogP contribution in [0.3, 0.4) is 0 Å². The number of benzene rings is 1. The van der Waals surface area contributed by atoms with Gasteiger partial charge in [-0.05, 0) is 29.8 Å². The van der Waals surface area contributed by atoms with Gasteiger partial charge in [0.15, 0.2) is 0 Å². The van der Waals surface area contributed by atoms with Crippen LogP contribution in [-0.2, 0) is 4.84 Å². The lowest BCUT2D eigenvalue weighted by Crippen LogP contribution is -2.01. The van der Waals surface area contributed by atoms with Gasteiger partial charge in [-0.2, -0.15) is 0 Å². The van der Waals surface area contributed by atoms with Crippen LogP contribution in [0, 0.1) is 5.82 Å². The van der Waals surface area contributed by atoms with Gasteiger partial charge >= 0.3 is 5.97 Å². The van der Waals surface area contributed by atoms with E-state index in [9.17, 15) is 9.18 Å². The lowest BCUT2D eigenvalue weighted by atomic mass is 10.2. The topological polar surface area (TPSA) is 51.5 Å². The molecule has 0 unspecified atom stereocenters. The Morgan fingerprint density at radius 1 is 1.42 bits per heavy atom. The summed E-state index contributed by atoms with van der Waals surface area (Å²) in [5.74, 6) is -1.15. The highest BCUT2D eigenvalue weighted by atomic mass is 35.5. The molecule has 1 heterocycles. The van der Waals surface area contributed by atoms with Crippen molar-refractivity contribution in [2.45, 2.75) is 0 Å². The highest BCUT2D eigenvalue weighted by Crippen LogP contribution is 2.14. The van der Waals surface area contributed by atoms with Gasteiger partial charge in [-0.25, -0.2) is 9.18 Å². The number of hydrogen-bond donors (Lipinski definition) is 0. The van der Waals surface area contributed by atoms with E-state index in [0.29, 0.717) is 5.56 Å². The highest BCUT2D eigenvalue weighted by Gasteiger charge is 2.05. The van der Waals surface area contributed by atoms with Crippen molar-refractivity contribution in [3.05, 3.63) is 64.7 Å². The first-order chi connectivity index (χ1) is 9.16. The molecule has 0 aliphatic carbocycles. The Bertz CT molecular complexity index is 617. The third-order valence-corrected chi connectivity index (χ3v) is 2.47. The van der Waals surface area contributed by atoms with Crippen LogP contribution < -0.4 is 0 Å². The molecule has 0 bridgehead atoms. The van der Waals surface area contributed by atoms with E-state index in [0.717, 1.165) is 0 Å². The van der Waals surface area contributed by atoms with Crippen molar-refractivity contribution in [3.8, 4) is 0 Å². The number of carbonyl (C=O) groups is 1. The number of hydrogen-bond acceptors (Lipinski definition) is 4. The fourth-order valence-electron chi connectivity index (χ4n) is 1.26. The number of pyridine rings is 1. The molecule has 19 heavy (non-hydrogen) atoms. The third-order valence-electron chi connectivity index (χ3n) is 2.18. The van der Waals surface area contributed by atoms with Crippen molar-refractivity contribution < 1.29 is 14.0 Å². The molecule has 1 aromatic carbocycles. The van der Waals surface area contributed by atoms with E-state index in [1.807, 2.05) is 0 Å². The predicted octanol–water partition coefficient (Wildman–Crippen LogP) is 3.07. The Morgan fingerprint density at radius 2 is 2.26 bits per heavy atom. The van der Waals surface area contributed by atoms with Gasteiger partial charge in [0.1, 0.15) is 5.82 Å². The summed E-state index contributed by atoms with van der Waals surface area (Å²) in [6, 6.07) is 7.20. The fourth-order valence-corrected chi connectivity index (χ4v) is 1.45. The first kappa shape index (κ1) is 13.2. The Morgan fingerprint density at radius 3 is 2.95 bits per heavy atom. The SMILES string of the molecule is O=C(O/N=C/c1ccc(F)c(Cl)c1)c1cccnc1. The van der Waals surface area contributed by atoms with E-state index in [-0.39, 0.29) is 10.6 Å². The van der Waals surface area contributed by atoms with Gasteiger partial charge in [0.05, 0.1) is 16.8 Å². The summed E-state index contributed by atoms with van der Waals surface area (Å²) >= 11 is 5.60. The minimum absolute atomic E-state index is 0.0254. The average Bonchev–Trinajstić information content (AvgIpc) is 2.43. The quantitative estimate of drug-likeness (QED) is 0.492. The van der Waals surface area contributed by atoms with Gasteiger partial charge in [0.2, 0.25) is 0 Å². The second-order valence-electron chi connectivity index (χ2n) is 3.53. The van der Waals surface area contributed by atoms with E-state index >= 15 is 0 Å². The molecule has 2 aromatic rings. The zero-order valence-corrected chi connectivity index (χ0v) is 10.3. The van der Waals surface area contributed by atoms with Crippen molar-refractivity contribution in [1.29, 1.82) is 0 Å². The minimum Gasteiger partial charge on any atom is -0.313 e. The molecule has 0 spiro atoms. The molecule has 0 saturated carbocycles. The summed E-state index contributed by atoms with van der Waals surface area (Å²) in [5.41, 5.74) is 0.808. The molecule has 0 fully saturated rings. The van der Waals surface area contributed by atoms with Gasteiger partial charge in [-0.15, -0.1) is 0 Å². The molecular formula is C13H8ClFN2O2. The smallest absolute Gasteiger partial charge is 0.313 e. The van der Waals surface area contributed by atoms with Crippen LogP contribution in [0.15, 0.2) is 47.9 Å². The van der Waals surface area contributed by atoms with E-state index in [4.69, 9.17) is 11.6 Å². The number of carbonyl (C=O) groups excluding carboxylic acids is 1. The van der Waals surface area contributed by atoms with Crippen molar-refractivity contribution in [1.82, 2.24) is 4.98 Å². The molecule has 0 aliphatic heterocycles.